The topological polar surface area (TPSA) is 49.4 Å². The van der Waals surface area contributed by atoms with Crippen molar-refractivity contribution in [2.24, 2.45) is 0 Å². The Bertz CT molecular complexity index is 700. The van der Waals surface area contributed by atoms with Gasteiger partial charge >= 0.3 is 0 Å². The summed E-state index contributed by atoms with van der Waals surface area (Å²) in [6, 6.07) is 6.04. The molecule has 0 saturated carbocycles. The van der Waals surface area contributed by atoms with E-state index in [2.05, 4.69) is 5.32 Å². The molecule has 0 aliphatic heterocycles. The molecule has 2 aromatic rings. The number of benzene rings is 1. The average molecular weight is 328 g/mol. The number of nitrogens with zero attached hydrogens (tertiary/aromatic N) is 1. The van der Waals surface area contributed by atoms with Gasteiger partial charge in [-0.05, 0) is 47.1 Å². The third-order valence-electron chi connectivity index (χ3n) is 3.05. The first kappa shape index (κ1) is 16.1. The lowest BCUT2D eigenvalue weighted by Gasteiger charge is -2.17. The van der Waals surface area contributed by atoms with E-state index in [1.165, 1.54) is 30.5 Å². The Labute approximate surface area is 128 Å². The van der Waals surface area contributed by atoms with Gasteiger partial charge in [0.05, 0.1) is 0 Å². The van der Waals surface area contributed by atoms with Crippen LogP contribution in [0.25, 0.3) is 0 Å². The number of hydrogen-bond acceptors (Lipinski definition) is 4. The quantitative estimate of drug-likeness (QED) is 0.886. The van der Waals surface area contributed by atoms with Crippen molar-refractivity contribution >= 4 is 21.4 Å². The molecule has 21 heavy (non-hydrogen) atoms. The van der Waals surface area contributed by atoms with E-state index in [0.29, 0.717) is 12.1 Å². The monoisotopic (exact) mass is 328 g/mol. The lowest BCUT2D eigenvalue weighted by atomic mass is 10.2. The maximum Gasteiger partial charge on any atom is 0.246 e. The van der Waals surface area contributed by atoms with E-state index in [1.54, 1.807) is 13.1 Å². The van der Waals surface area contributed by atoms with Crippen molar-refractivity contribution in [1.29, 1.82) is 0 Å². The molecule has 0 unspecified atom stereocenters. The van der Waals surface area contributed by atoms with Gasteiger partial charge in [-0.2, -0.15) is 15.6 Å². The second-order valence-electron chi connectivity index (χ2n) is 4.69. The Morgan fingerprint density at radius 1 is 1.29 bits per heavy atom. The van der Waals surface area contributed by atoms with Crippen molar-refractivity contribution in [1.82, 2.24) is 9.62 Å². The Morgan fingerprint density at radius 2 is 2.05 bits per heavy atom. The largest absolute Gasteiger partial charge is 0.316 e. The first-order valence-electron chi connectivity index (χ1n) is 6.35. The van der Waals surface area contributed by atoms with Crippen LogP contribution in [-0.4, -0.2) is 26.8 Å². The van der Waals surface area contributed by atoms with Gasteiger partial charge in [-0.3, -0.25) is 0 Å². The molecule has 0 radical (unpaired) electrons. The minimum absolute atomic E-state index is 0.226. The van der Waals surface area contributed by atoms with Gasteiger partial charge in [0.1, 0.15) is 10.7 Å². The minimum Gasteiger partial charge on any atom is -0.316 e. The van der Waals surface area contributed by atoms with Crippen molar-refractivity contribution in [3.8, 4) is 0 Å². The highest BCUT2D eigenvalue weighted by Crippen LogP contribution is 2.21. The van der Waals surface area contributed by atoms with Crippen LogP contribution in [0.2, 0.25) is 0 Å². The van der Waals surface area contributed by atoms with Gasteiger partial charge in [0.15, 0.2) is 0 Å². The van der Waals surface area contributed by atoms with E-state index in [-0.39, 0.29) is 11.4 Å². The van der Waals surface area contributed by atoms with Crippen molar-refractivity contribution in [3.63, 3.8) is 0 Å². The maximum absolute atomic E-state index is 14.1. The highest BCUT2D eigenvalue weighted by molar-refractivity contribution is 7.89. The molecule has 1 aromatic carbocycles. The molecule has 7 heteroatoms. The van der Waals surface area contributed by atoms with E-state index in [1.807, 2.05) is 16.8 Å². The zero-order chi connectivity index (χ0) is 15.5. The molecule has 0 fully saturated rings. The summed E-state index contributed by atoms with van der Waals surface area (Å²) < 4.78 is 40.1. The number of hydrogen-bond donors (Lipinski definition) is 1. The Kier molecular flexibility index (Phi) is 5.10. The van der Waals surface area contributed by atoms with Gasteiger partial charge in [-0.1, -0.05) is 6.07 Å². The lowest BCUT2D eigenvalue weighted by molar-refractivity contribution is 0.460. The van der Waals surface area contributed by atoms with E-state index in [9.17, 15) is 12.8 Å². The van der Waals surface area contributed by atoms with Crippen LogP contribution in [0, 0.1) is 5.82 Å². The molecule has 0 amide bonds. The van der Waals surface area contributed by atoms with Crippen molar-refractivity contribution in [3.05, 3.63) is 52.0 Å². The second-order valence-corrected chi connectivity index (χ2v) is 7.48. The summed E-state index contributed by atoms with van der Waals surface area (Å²) in [5.74, 6) is -0.722. The Balaban J connectivity index is 2.26. The summed E-state index contributed by atoms with van der Waals surface area (Å²) in [6.07, 6.45) is 0. The van der Waals surface area contributed by atoms with E-state index >= 15 is 0 Å². The average Bonchev–Trinajstić information content (AvgIpc) is 2.91. The summed E-state index contributed by atoms with van der Waals surface area (Å²) in [4.78, 5) is -0.292. The molecule has 0 aliphatic carbocycles. The fraction of sp³-hybridized carbons (Fsp3) is 0.286. The molecule has 1 aromatic heterocycles. The van der Waals surface area contributed by atoms with E-state index in [4.69, 9.17) is 0 Å². The molecular weight excluding hydrogens is 311 g/mol. The highest BCUT2D eigenvalue weighted by Gasteiger charge is 2.24. The van der Waals surface area contributed by atoms with Crippen LogP contribution in [0.3, 0.4) is 0 Å². The lowest BCUT2D eigenvalue weighted by Crippen LogP contribution is -2.27. The third kappa shape index (κ3) is 3.68. The number of nitrogens with one attached hydrogen (secondary N) is 1. The molecule has 0 saturated heterocycles. The summed E-state index contributed by atoms with van der Waals surface area (Å²) in [5, 5.41) is 6.65. The molecule has 2 rings (SSSR count). The zero-order valence-electron chi connectivity index (χ0n) is 11.8. The van der Waals surface area contributed by atoms with Gasteiger partial charge in [-0.15, -0.1) is 0 Å². The Morgan fingerprint density at radius 3 is 2.62 bits per heavy atom. The van der Waals surface area contributed by atoms with Gasteiger partial charge < -0.3 is 5.32 Å². The molecular formula is C14H17FN2O2S2. The molecule has 1 heterocycles. The maximum atomic E-state index is 14.1. The van der Waals surface area contributed by atoms with Crippen molar-refractivity contribution in [2.75, 3.05) is 14.1 Å². The first-order chi connectivity index (χ1) is 9.95. The van der Waals surface area contributed by atoms with Crippen LogP contribution in [0.15, 0.2) is 39.9 Å². The molecule has 114 valence electrons. The van der Waals surface area contributed by atoms with Crippen LogP contribution in [0.4, 0.5) is 4.39 Å². The number of thiophene rings is 1. The molecule has 0 atom stereocenters. The predicted molar refractivity (Wildman–Crippen MR) is 82.1 cm³/mol. The van der Waals surface area contributed by atoms with Crippen molar-refractivity contribution in [2.45, 2.75) is 18.0 Å². The molecule has 0 bridgehead atoms. The van der Waals surface area contributed by atoms with Crippen LogP contribution in [-0.2, 0) is 23.1 Å². The first-order valence-corrected chi connectivity index (χ1v) is 8.74. The van der Waals surface area contributed by atoms with Gasteiger partial charge in [0, 0.05) is 20.1 Å². The molecule has 4 nitrogen and oxygen atoms in total. The van der Waals surface area contributed by atoms with E-state index < -0.39 is 15.8 Å². The molecule has 1 N–H and O–H groups in total. The van der Waals surface area contributed by atoms with Gasteiger partial charge in [0.2, 0.25) is 10.0 Å². The predicted octanol–water partition coefficient (Wildman–Crippen LogP) is 2.43. The summed E-state index contributed by atoms with van der Waals surface area (Å²) >= 11 is 1.50. The molecule has 0 aliphatic rings. The summed E-state index contributed by atoms with van der Waals surface area (Å²) in [7, 11) is -0.635. The van der Waals surface area contributed by atoms with Crippen LogP contribution in [0.5, 0.6) is 0 Å². The Hall–Kier alpha value is -1.28. The third-order valence-corrected chi connectivity index (χ3v) is 5.62. The van der Waals surface area contributed by atoms with E-state index in [0.717, 1.165) is 9.87 Å². The van der Waals surface area contributed by atoms with Crippen LogP contribution in [0.1, 0.15) is 11.1 Å². The standard InChI is InChI=1S/C14H17FN2O2S2/c1-16-8-11-3-4-14(13(15)7-11)21(18,19)17(2)9-12-5-6-20-10-12/h3-7,10,16H,8-9H2,1-2H3. The second kappa shape index (κ2) is 6.65. The fourth-order valence-corrected chi connectivity index (χ4v) is 3.82. The van der Waals surface area contributed by atoms with Crippen molar-refractivity contribution < 1.29 is 12.8 Å². The minimum atomic E-state index is -3.83. The SMILES string of the molecule is CNCc1ccc(S(=O)(=O)N(C)Cc2ccsc2)c(F)c1. The molecule has 0 spiro atoms. The number of sulfonamides is 1. The van der Waals surface area contributed by atoms with Gasteiger partial charge in [-0.25, -0.2) is 12.8 Å². The number of halogens is 1. The van der Waals surface area contributed by atoms with Crippen LogP contribution >= 0.6 is 11.3 Å². The highest BCUT2D eigenvalue weighted by atomic mass is 32.2. The van der Waals surface area contributed by atoms with Gasteiger partial charge in [0.25, 0.3) is 0 Å². The summed E-state index contributed by atoms with van der Waals surface area (Å²) in [5.41, 5.74) is 1.59. The zero-order valence-corrected chi connectivity index (χ0v) is 13.5. The normalized spacial score (nSPS) is 12.0. The number of rotatable bonds is 6. The van der Waals surface area contributed by atoms with Crippen LogP contribution < -0.4 is 5.32 Å². The fourth-order valence-electron chi connectivity index (χ4n) is 1.96. The summed E-state index contributed by atoms with van der Waals surface area (Å²) in [6.45, 7) is 0.714. The smallest absolute Gasteiger partial charge is 0.246 e.